The number of rotatable bonds is 3. The summed E-state index contributed by atoms with van der Waals surface area (Å²) in [6.07, 6.45) is 2.23. The molecular weight excluding hydrogens is 322 g/mol. The lowest BCUT2D eigenvalue weighted by molar-refractivity contribution is 0.171. The molecule has 0 aliphatic carbocycles. The first-order valence-electron chi connectivity index (χ1n) is 8.07. The standard InChI is InChI=1S/C19H17NO5/c1-2-11-7-13(16(22)9-15(11)21)19-14(10-20-25-19)12-3-4-17-18(8-12)24-6-5-23-17/h3-4,7-10,21-22H,2,5-6H2,1H3. The first kappa shape index (κ1) is 15.4. The van der Waals surface area contributed by atoms with Gasteiger partial charge in [0.15, 0.2) is 17.3 Å². The second-order valence-corrected chi connectivity index (χ2v) is 5.78. The molecule has 6 heteroatoms. The van der Waals surface area contributed by atoms with Gasteiger partial charge in [-0.2, -0.15) is 0 Å². The van der Waals surface area contributed by atoms with Crippen LogP contribution in [0.1, 0.15) is 12.5 Å². The SMILES string of the molecule is CCc1cc(-c2oncc2-c2ccc3c(c2)OCCO3)c(O)cc1O. The minimum Gasteiger partial charge on any atom is -0.508 e. The van der Waals surface area contributed by atoms with Crippen molar-refractivity contribution in [3.05, 3.63) is 42.1 Å². The van der Waals surface area contributed by atoms with Gasteiger partial charge in [-0.15, -0.1) is 0 Å². The van der Waals surface area contributed by atoms with E-state index in [1.165, 1.54) is 6.07 Å². The van der Waals surface area contributed by atoms with Gasteiger partial charge in [0.1, 0.15) is 24.7 Å². The van der Waals surface area contributed by atoms with Crippen LogP contribution in [0.3, 0.4) is 0 Å². The van der Waals surface area contributed by atoms with Gasteiger partial charge in [-0.05, 0) is 35.7 Å². The second kappa shape index (κ2) is 6.05. The highest BCUT2D eigenvalue weighted by Gasteiger charge is 2.20. The van der Waals surface area contributed by atoms with Crippen LogP contribution in [-0.4, -0.2) is 28.6 Å². The topological polar surface area (TPSA) is 85.0 Å². The molecule has 0 saturated heterocycles. The minimum absolute atomic E-state index is 0.0594. The van der Waals surface area contributed by atoms with Crippen molar-refractivity contribution in [1.29, 1.82) is 0 Å². The largest absolute Gasteiger partial charge is 0.508 e. The zero-order chi connectivity index (χ0) is 17.4. The Morgan fingerprint density at radius 2 is 1.76 bits per heavy atom. The molecule has 2 aromatic carbocycles. The average molecular weight is 339 g/mol. The Hall–Kier alpha value is -3.15. The summed E-state index contributed by atoms with van der Waals surface area (Å²) in [6, 6.07) is 8.64. The van der Waals surface area contributed by atoms with Gasteiger partial charge in [0.05, 0.1) is 11.8 Å². The van der Waals surface area contributed by atoms with Gasteiger partial charge in [-0.25, -0.2) is 0 Å². The Morgan fingerprint density at radius 1 is 0.960 bits per heavy atom. The van der Waals surface area contributed by atoms with Crippen LogP contribution in [0.2, 0.25) is 0 Å². The normalized spacial score (nSPS) is 13.0. The van der Waals surface area contributed by atoms with E-state index < -0.39 is 0 Å². The third-order valence-corrected chi connectivity index (χ3v) is 4.25. The molecule has 1 aliphatic heterocycles. The average Bonchev–Trinajstić information content (AvgIpc) is 3.11. The number of phenols is 2. The van der Waals surface area contributed by atoms with Crippen molar-refractivity contribution in [3.63, 3.8) is 0 Å². The summed E-state index contributed by atoms with van der Waals surface area (Å²) < 4.78 is 16.6. The number of phenolic OH excluding ortho intramolecular Hbond substituents is 2. The molecule has 0 fully saturated rings. The number of hydrogen-bond donors (Lipinski definition) is 2. The number of nitrogens with zero attached hydrogens (tertiary/aromatic N) is 1. The quantitative estimate of drug-likeness (QED) is 0.756. The van der Waals surface area contributed by atoms with Crippen LogP contribution in [0, 0.1) is 0 Å². The van der Waals surface area contributed by atoms with Gasteiger partial charge in [0, 0.05) is 11.6 Å². The van der Waals surface area contributed by atoms with Gasteiger partial charge in [0.25, 0.3) is 0 Å². The number of ether oxygens (including phenoxy) is 2. The van der Waals surface area contributed by atoms with Crippen LogP contribution in [-0.2, 0) is 6.42 Å². The molecule has 0 radical (unpaired) electrons. The molecule has 0 spiro atoms. The van der Waals surface area contributed by atoms with Crippen molar-refractivity contribution in [3.8, 4) is 45.4 Å². The third kappa shape index (κ3) is 2.65. The maximum Gasteiger partial charge on any atom is 0.178 e. The van der Waals surface area contributed by atoms with Crippen molar-refractivity contribution in [2.24, 2.45) is 0 Å². The summed E-state index contributed by atoms with van der Waals surface area (Å²) in [5.41, 5.74) is 2.76. The highest BCUT2D eigenvalue weighted by Crippen LogP contribution is 2.42. The number of aromatic hydroxyl groups is 2. The molecule has 0 saturated carbocycles. The van der Waals surface area contributed by atoms with E-state index in [0.29, 0.717) is 42.5 Å². The Balaban J connectivity index is 1.82. The molecule has 2 heterocycles. The minimum atomic E-state index is -0.0646. The Morgan fingerprint density at radius 3 is 2.56 bits per heavy atom. The smallest absolute Gasteiger partial charge is 0.178 e. The molecule has 0 atom stereocenters. The zero-order valence-electron chi connectivity index (χ0n) is 13.7. The van der Waals surface area contributed by atoms with E-state index in [0.717, 1.165) is 16.7 Å². The molecule has 2 N–H and O–H groups in total. The lowest BCUT2D eigenvalue weighted by Gasteiger charge is -2.18. The summed E-state index contributed by atoms with van der Waals surface area (Å²) >= 11 is 0. The van der Waals surface area contributed by atoms with E-state index in [1.54, 1.807) is 12.3 Å². The van der Waals surface area contributed by atoms with Gasteiger partial charge < -0.3 is 24.2 Å². The van der Waals surface area contributed by atoms with E-state index in [4.69, 9.17) is 14.0 Å². The summed E-state index contributed by atoms with van der Waals surface area (Å²) in [5, 5.41) is 24.0. The molecule has 1 aromatic heterocycles. The molecule has 0 unspecified atom stereocenters. The van der Waals surface area contributed by atoms with Gasteiger partial charge in [0.2, 0.25) is 0 Å². The number of hydrogen-bond acceptors (Lipinski definition) is 6. The first-order valence-corrected chi connectivity index (χ1v) is 8.07. The number of aromatic nitrogens is 1. The lowest BCUT2D eigenvalue weighted by Crippen LogP contribution is -2.15. The van der Waals surface area contributed by atoms with E-state index >= 15 is 0 Å². The zero-order valence-corrected chi connectivity index (χ0v) is 13.7. The maximum atomic E-state index is 10.3. The summed E-state index contributed by atoms with van der Waals surface area (Å²) in [5.74, 6) is 1.80. The monoisotopic (exact) mass is 339 g/mol. The van der Waals surface area contributed by atoms with Crippen molar-refractivity contribution < 1.29 is 24.2 Å². The molecule has 0 amide bonds. The molecular formula is C19H17NO5. The second-order valence-electron chi connectivity index (χ2n) is 5.78. The van der Waals surface area contributed by atoms with Gasteiger partial charge in [-0.3, -0.25) is 0 Å². The summed E-state index contributed by atoms with van der Waals surface area (Å²) in [7, 11) is 0. The van der Waals surface area contributed by atoms with E-state index in [2.05, 4.69) is 5.16 Å². The van der Waals surface area contributed by atoms with Crippen molar-refractivity contribution >= 4 is 0 Å². The Kier molecular flexibility index (Phi) is 3.72. The fourth-order valence-electron chi connectivity index (χ4n) is 2.94. The van der Waals surface area contributed by atoms with Crippen LogP contribution in [0.25, 0.3) is 22.5 Å². The summed E-state index contributed by atoms with van der Waals surface area (Å²) in [6.45, 7) is 2.97. The van der Waals surface area contributed by atoms with Gasteiger partial charge in [-0.1, -0.05) is 18.1 Å². The van der Waals surface area contributed by atoms with Crippen LogP contribution in [0.4, 0.5) is 0 Å². The molecule has 25 heavy (non-hydrogen) atoms. The third-order valence-electron chi connectivity index (χ3n) is 4.25. The first-order chi connectivity index (χ1) is 12.2. The van der Waals surface area contributed by atoms with Crippen molar-refractivity contribution in [2.45, 2.75) is 13.3 Å². The maximum absolute atomic E-state index is 10.3. The Labute approximate surface area is 144 Å². The van der Waals surface area contributed by atoms with E-state index in [1.807, 2.05) is 25.1 Å². The fourth-order valence-corrected chi connectivity index (χ4v) is 2.94. The fraction of sp³-hybridized carbons (Fsp3) is 0.211. The molecule has 0 bridgehead atoms. The van der Waals surface area contributed by atoms with Crippen molar-refractivity contribution in [1.82, 2.24) is 5.16 Å². The van der Waals surface area contributed by atoms with Crippen LogP contribution in [0.15, 0.2) is 41.1 Å². The summed E-state index contributed by atoms with van der Waals surface area (Å²) in [4.78, 5) is 0. The number of aryl methyl sites for hydroxylation is 1. The molecule has 3 aromatic rings. The Bertz CT molecular complexity index is 932. The number of benzene rings is 2. The highest BCUT2D eigenvalue weighted by atomic mass is 16.6. The van der Waals surface area contributed by atoms with Crippen molar-refractivity contribution in [2.75, 3.05) is 13.2 Å². The van der Waals surface area contributed by atoms with Gasteiger partial charge >= 0.3 is 0 Å². The van der Waals surface area contributed by atoms with E-state index in [9.17, 15) is 10.2 Å². The van der Waals surface area contributed by atoms with Crippen LogP contribution in [0.5, 0.6) is 23.0 Å². The predicted octanol–water partition coefficient (Wildman–Crippen LogP) is 3.75. The van der Waals surface area contributed by atoms with Crippen LogP contribution >= 0.6 is 0 Å². The predicted molar refractivity (Wildman–Crippen MR) is 91.1 cm³/mol. The molecule has 6 nitrogen and oxygen atoms in total. The van der Waals surface area contributed by atoms with Crippen LogP contribution < -0.4 is 9.47 Å². The van der Waals surface area contributed by atoms with E-state index in [-0.39, 0.29) is 11.5 Å². The molecule has 4 rings (SSSR count). The highest BCUT2D eigenvalue weighted by molar-refractivity contribution is 5.83. The molecule has 128 valence electrons. The number of fused-ring (bicyclic) bond motifs is 1. The lowest BCUT2D eigenvalue weighted by atomic mass is 9.99. The molecule has 1 aliphatic rings.